The number of nitrogens with one attached hydrogen (secondary N) is 1. The zero-order chi connectivity index (χ0) is 14.8. The van der Waals surface area contributed by atoms with Crippen LogP contribution in [0.15, 0.2) is 48.5 Å². The summed E-state index contributed by atoms with van der Waals surface area (Å²) in [5.41, 5.74) is 2.03. The van der Waals surface area contributed by atoms with E-state index in [1.165, 1.54) is 12.1 Å². The van der Waals surface area contributed by atoms with E-state index >= 15 is 0 Å². The number of hydrogen-bond donors (Lipinski definition) is 1. The molecule has 5 heteroatoms. The van der Waals surface area contributed by atoms with Crippen molar-refractivity contribution in [1.29, 1.82) is 0 Å². The van der Waals surface area contributed by atoms with E-state index in [9.17, 15) is 13.2 Å². The van der Waals surface area contributed by atoms with Crippen molar-refractivity contribution in [3.63, 3.8) is 0 Å². The first-order chi connectivity index (χ1) is 9.38. The fourth-order valence-electron chi connectivity index (χ4n) is 1.77. The number of aryl methyl sites for hydroxylation is 1. The summed E-state index contributed by atoms with van der Waals surface area (Å²) in [6.07, 6.45) is -4.31. The molecule has 0 amide bonds. The molecule has 2 aromatic carbocycles. The fourth-order valence-corrected chi connectivity index (χ4v) is 2.50. The zero-order valence-corrected chi connectivity index (χ0v) is 12.4. The van der Waals surface area contributed by atoms with E-state index in [-0.39, 0.29) is 0 Å². The third-order valence-corrected chi connectivity index (χ3v) is 3.54. The third-order valence-electron chi connectivity index (χ3n) is 2.86. The van der Waals surface area contributed by atoms with Crippen LogP contribution in [-0.4, -0.2) is 20.1 Å². The molecule has 0 saturated heterocycles. The van der Waals surface area contributed by atoms with E-state index in [1.807, 2.05) is 31.2 Å². The van der Waals surface area contributed by atoms with E-state index < -0.39 is 11.7 Å². The van der Waals surface area contributed by atoms with Crippen molar-refractivity contribution in [2.75, 3.05) is 5.32 Å². The van der Waals surface area contributed by atoms with Crippen LogP contribution in [-0.2, 0) is 6.18 Å². The monoisotopic (exact) mass is 343 g/mol. The van der Waals surface area contributed by atoms with Gasteiger partial charge in [-0.3, -0.25) is 0 Å². The zero-order valence-electron chi connectivity index (χ0n) is 10.7. The third kappa shape index (κ3) is 3.50. The van der Waals surface area contributed by atoms with Crippen LogP contribution >= 0.6 is 0 Å². The number of benzene rings is 2. The summed E-state index contributed by atoms with van der Waals surface area (Å²) in [6, 6.07) is 12.7. The maximum absolute atomic E-state index is 12.5. The Kier molecular flexibility index (Phi) is 4.31. The van der Waals surface area contributed by atoms with E-state index in [2.05, 4.69) is 20.9 Å². The normalized spacial score (nSPS) is 11.2. The number of halogens is 3. The summed E-state index contributed by atoms with van der Waals surface area (Å²) in [6.45, 7) is 1.97. The first-order valence-electron chi connectivity index (χ1n) is 5.92. The SMILES string of the molecule is Cc1ccccc1C(=[Se])Nc1ccc(C(F)(F)F)cc1. The number of anilines is 1. The average molecular weight is 342 g/mol. The molecule has 20 heavy (non-hydrogen) atoms. The van der Waals surface area contributed by atoms with Gasteiger partial charge in [0.05, 0.1) is 0 Å². The van der Waals surface area contributed by atoms with Crippen LogP contribution in [0, 0.1) is 6.92 Å². The summed E-state index contributed by atoms with van der Waals surface area (Å²) in [4.78, 5) is 0. The molecular weight excluding hydrogens is 330 g/mol. The molecule has 0 bridgehead atoms. The van der Waals surface area contributed by atoms with Gasteiger partial charge in [0.15, 0.2) is 0 Å². The van der Waals surface area contributed by atoms with E-state index in [1.54, 1.807) is 0 Å². The van der Waals surface area contributed by atoms with Gasteiger partial charge in [-0.1, -0.05) is 0 Å². The molecule has 0 spiro atoms. The summed E-state index contributed by atoms with van der Waals surface area (Å²) in [7, 11) is 0. The van der Waals surface area contributed by atoms with Gasteiger partial charge in [-0.05, 0) is 0 Å². The summed E-state index contributed by atoms with van der Waals surface area (Å²) in [5.74, 6) is 0. The first kappa shape index (κ1) is 14.8. The molecule has 1 N–H and O–H groups in total. The first-order valence-corrected chi connectivity index (χ1v) is 6.78. The summed E-state index contributed by atoms with van der Waals surface area (Å²) in [5, 5.41) is 3.07. The van der Waals surface area contributed by atoms with Crippen molar-refractivity contribution < 1.29 is 13.2 Å². The van der Waals surface area contributed by atoms with Crippen molar-refractivity contribution in [2.45, 2.75) is 13.1 Å². The van der Waals surface area contributed by atoms with Crippen molar-refractivity contribution in [3.8, 4) is 0 Å². The second-order valence-electron chi connectivity index (χ2n) is 4.34. The Morgan fingerprint density at radius 1 is 1.00 bits per heavy atom. The van der Waals surface area contributed by atoms with E-state index in [4.69, 9.17) is 0 Å². The summed E-state index contributed by atoms with van der Waals surface area (Å²) < 4.78 is 38.2. The molecule has 0 aromatic heterocycles. The van der Waals surface area contributed by atoms with Crippen LogP contribution in [0.3, 0.4) is 0 Å². The Bertz CT molecular complexity index is 618. The molecule has 0 saturated carbocycles. The van der Waals surface area contributed by atoms with Gasteiger partial charge < -0.3 is 0 Å². The van der Waals surface area contributed by atoms with Crippen molar-refractivity contribution in [1.82, 2.24) is 0 Å². The molecule has 0 radical (unpaired) electrons. The van der Waals surface area contributed by atoms with Crippen molar-refractivity contribution in [2.24, 2.45) is 0 Å². The molecule has 104 valence electrons. The Balaban J connectivity index is 2.15. The average Bonchev–Trinajstić information content (AvgIpc) is 2.38. The van der Waals surface area contributed by atoms with Gasteiger partial charge in [0.2, 0.25) is 0 Å². The molecule has 2 aromatic rings. The molecule has 0 fully saturated rings. The van der Waals surface area contributed by atoms with Gasteiger partial charge in [-0.15, -0.1) is 0 Å². The minimum absolute atomic E-state index is 0.606. The second-order valence-corrected chi connectivity index (χ2v) is 5.20. The van der Waals surface area contributed by atoms with E-state index in [0.29, 0.717) is 5.69 Å². The number of rotatable bonds is 3. The van der Waals surface area contributed by atoms with Gasteiger partial charge in [0.25, 0.3) is 0 Å². The predicted molar refractivity (Wildman–Crippen MR) is 76.1 cm³/mol. The molecule has 0 heterocycles. The molecule has 0 atom stereocenters. The minimum atomic E-state index is -4.31. The predicted octanol–water partition coefficient (Wildman–Crippen LogP) is 3.77. The van der Waals surface area contributed by atoms with Crippen LogP contribution in [0.5, 0.6) is 0 Å². The van der Waals surface area contributed by atoms with Gasteiger partial charge in [-0.25, -0.2) is 0 Å². The molecule has 0 aliphatic heterocycles. The second kappa shape index (κ2) is 5.81. The molecule has 1 nitrogen and oxygen atoms in total. The Morgan fingerprint density at radius 2 is 1.60 bits per heavy atom. The molecule has 0 aliphatic carbocycles. The molecular formula is C15H12F3NSe. The number of alkyl halides is 3. The Hall–Kier alpha value is -1.58. The molecule has 0 unspecified atom stereocenters. The standard InChI is InChI=1S/C15H12F3NSe/c1-10-4-2-3-5-13(10)14(20)19-12-8-6-11(7-9-12)15(16,17)18/h2-9H,1H3,(H,19,20). The fraction of sp³-hybridized carbons (Fsp3) is 0.133. The Labute approximate surface area is 123 Å². The number of hydrogen-bond acceptors (Lipinski definition) is 1. The maximum atomic E-state index is 12.5. The van der Waals surface area contributed by atoms with Crippen LogP contribution in [0.2, 0.25) is 0 Å². The quantitative estimate of drug-likeness (QED) is 0.838. The topological polar surface area (TPSA) is 12.0 Å². The van der Waals surface area contributed by atoms with Crippen molar-refractivity contribution in [3.05, 3.63) is 65.2 Å². The van der Waals surface area contributed by atoms with E-state index in [0.717, 1.165) is 27.8 Å². The van der Waals surface area contributed by atoms with Gasteiger partial charge in [0, 0.05) is 0 Å². The van der Waals surface area contributed by atoms with Gasteiger partial charge >= 0.3 is 123 Å². The van der Waals surface area contributed by atoms with Crippen LogP contribution in [0.1, 0.15) is 16.7 Å². The van der Waals surface area contributed by atoms with Gasteiger partial charge in [0.1, 0.15) is 0 Å². The molecule has 0 aliphatic rings. The van der Waals surface area contributed by atoms with Crippen molar-refractivity contribution >= 4 is 25.8 Å². The van der Waals surface area contributed by atoms with Crippen LogP contribution < -0.4 is 5.32 Å². The summed E-state index contributed by atoms with van der Waals surface area (Å²) >= 11 is 2.91. The molecule has 2 rings (SSSR count). The Morgan fingerprint density at radius 3 is 2.15 bits per heavy atom. The van der Waals surface area contributed by atoms with Gasteiger partial charge in [-0.2, -0.15) is 0 Å². The van der Waals surface area contributed by atoms with Crippen LogP contribution in [0.25, 0.3) is 0 Å². The van der Waals surface area contributed by atoms with Crippen LogP contribution in [0.4, 0.5) is 18.9 Å².